The van der Waals surface area contributed by atoms with Gasteiger partial charge in [-0.05, 0) is 55.4 Å². The monoisotopic (exact) mass is 258 g/mol. The molecule has 104 valence electrons. The van der Waals surface area contributed by atoms with Gasteiger partial charge in [0.2, 0.25) is 0 Å². The number of hydrogen-bond donors (Lipinski definition) is 0. The van der Waals surface area contributed by atoms with Crippen LogP contribution in [0, 0.1) is 23.7 Å². The highest BCUT2D eigenvalue weighted by atomic mass is 16.5. The molecule has 0 heterocycles. The summed E-state index contributed by atoms with van der Waals surface area (Å²) in [6, 6.07) is 10.6. The summed E-state index contributed by atoms with van der Waals surface area (Å²) in [6.07, 6.45) is 5.99. The molecule has 2 fully saturated rings. The smallest absolute Gasteiger partial charge is 0.0796 e. The van der Waals surface area contributed by atoms with Crippen molar-refractivity contribution in [1.82, 2.24) is 0 Å². The van der Waals surface area contributed by atoms with Gasteiger partial charge in [-0.1, -0.05) is 43.7 Å². The van der Waals surface area contributed by atoms with Crippen LogP contribution in [-0.2, 0) is 4.74 Å². The van der Waals surface area contributed by atoms with E-state index in [4.69, 9.17) is 4.74 Å². The van der Waals surface area contributed by atoms with Crippen molar-refractivity contribution in [3.05, 3.63) is 35.9 Å². The number of ether oxygens (including phenoxy) is 1. The first-order valence-corrected chi connectivity index (χ1v) is 7.94. The molecule has 0 aliphatic heterocycles. The molecule has 0 spiro atoms. The lowest BCUT2D eigenvalue weighted by Crippen LogP contribution is -2.24. The highest BCUT2D eigenvalue weighted by molar-refractivity contribution is 5.16. The van der Waals surface area contributed by atoms with Gasteiger partial charge in [0.15, 0.2) is 0 Å². The van der Waals surface area contributed by atoms with Crippen LogP contribution in [0.5, 0.6) is 0 Å². The summed E-state index contributed by atoms with van der Waals surface area (Å²) < 4.78 is 6.16. The first-order chi connectivity index (χ1) is 9.28. The third kappa shape index (κ3) is 2.72. The zero-order chi connectivity index (χ0) is 13.2. The quantitative estimate of drug-likeness (QED) is 0.734. The van der Waals surface area contributed by atoms with Gasteiger partial charge in [-0.3, -0.25) is 0 Å². The van der Waals surface area contributed by atoms with Gasteiger partial charge in [-0.25, -0.2) is 0 Å². The van der Waals surface area contributed by atoms with Crippen molar-refractivity contribution >= 4 is 0 Å². The van der Waals surface area contributed by atoms with E-state index < -0.39 is 0 Å². The molecule has 0 saturated heterocycles. The Morgan fingerprint density at radius 1 is 1.11 bits per heavy atom. The van der Waals surface area contributed by atoms with Gasteiger partial charge in [0.1, 0.15) is 0 Å². The van der Waals surface area contributed by atoms with Crippen LogP contribution in [-0.4, -0.2) is 6.61 Å². The third-order valence-corrected chi connectivity index (χ3v) is 5.44. The Bertz CT molecular complexity index is 399. The van der Waals surface area contributed by atoms with Crippen LogP contribution in [0.3, 0.4) is 0 Å². The van der Waals surface area contributed by atoms with Gasteiger partial charge >= 0.3 is 0 Å². The minimum Gasteiger partial charge on any atom is -0.374 e. The van der Waals surface area contributed by atoms with Crippen LogP contribution in [0.2, 0.25) is 0 Å². The molecular weight excluding hydrogens is 232 g/mol. The Morgan fingerprint density at radius 2 is 1.84 bits per heavy atom. The highest BCUT2D eigenvalue weighted by Crippen LogP contribution is 2.53. The first kappa shape index (κ1) is 13.2. The van der Waals surface area contributed by atoms with Crippen LogP contribution in [0.4, 0.5) is 0 Å². The van der Waals surface area contributed by atoms with Crippen LogP contribution in [0.25, 0.3) is 0 Å². The van der Waals surface area contributed by atoms with E-state index in [1.165, 1.54) is 31.2 Å². The Morgan fingerprint density at radius 3 is 2.53 bits per heavy atom. The third-order valence-electron chi connectivity index (χ3n) is 5.44. The topological polar surface area (TPSA) is 9.23 Å². The minimum atomic E-state index is 0.236. The highest BCUT2D eigenvalue weighted by Gasteiger charge is 2.45. The maximum Gasteiger partial charge on any atom is 0.0796 e. The maximum atomic E-state index is 6.16. The molecule has 0 aromatic heterocycles. The van der Waals surface area contributed by atoms with Crippen molar-refractivity contribution in [2.45, 2.75) is 45.6 Å². The second-order valence-corrected chi connectivity index (χ2v) is 6.55. The molecule has 3 rings (SSSR count). The molecule has 1 heteroatoms. The normalized spacial score (nSPS) is 34.6. The Labute approximate surface area is 117 Å². The van der Waals surface area contributed by atoms with Crippen molar-refractivity contribution in [2.24, 2.45) is 23.7 Å². The summed E-state index contributed by atoms with van der Waals surface area (Å²) in [7, 11) is 0. The van der Waals surface area contributed by atoms with Gasteiger partial charge in [0.25, 0.3) is 0 Å². The van der Waals surface area contributed by atoms with E-state index >= 15 is 0 Å². The number of benzene rings is 1. The van der Waals surface area contributed by atoms with E-state index in [1.54, 1.807) is 0 Å². The average molecular weight is 258 g/mol. The molecular formula is C18H26O. The van der Waals surface area contributed by atoms with Crippen molar-refractivity contribution in [1.29, 1.82) is 0 Å². The van der Waals surface area contributed by atoms with Crippen molar-refractivity contribution in [2.75, 3.05) is 6.61 Å². The van der Waals surface area contributed by atoms with Gasteiger partial charge in [0, 0.05) is 0 Å². The zero-order valence-corrected chi connectivity index (χ0v) is 12.2. The van der Waals surface area contributed by atoms with E-state index in [2.05, 4.69) is 44.2 Å². The van der Waals surface area contributed by atoms with Crippen LogP contribution in [0.15, 0.2) is 30.3 Å². The first-order valence-electron chi connectivity index (χ1n) is 7.94. The molecule has 2 aliphatic rings. The Kier molecular flexibility index (Phi) is 3.93. The molecule has 19 heavy (non-hydrogen) atoms. The molecule has 2 bridgehead atoms. The molecule has 2 saturated carbocycles. The molecule has 1 aromatic rings. The Hall–Kier alpha value is -0.820. The van der Waals surface area contributed by atoms with Crippen molar-refractivity contribution < 1.29 is 4.74 Å². The van der Waals surface area contributed by atoms with Gasteiger partial charge in [0.05, 0.1) is 12.7 Å². The number of rotatable bonds is 5. The predicted molar refractivity (Wildman–Crippen MR) is 78.9 cm³/mol. The van der Waals surface area contributed by atoms with Crippen LogP contribution < -0.4 is 0 Å². The summed E-state index contributed by atoms with van der Waals surface area (Å²) in [5, 5.41) is 0. The fraction of sp³-hybridized carbons (Fsp3) is 0.667. The fourth-order valence-corrected chi connectivity index (χ4v) is 4.40. The van der Waals surface area contributed by atoms with Crippen molar-refractivity contribution in [3.63, 3.8) is 0 Å². The number of fused-ring (bicyclic) bond motifs is 2. The predicted octanol–water partition coefficient (Wildman–Crippen LogP) is 4.84. The standard InChI is InChI=1S/C18H26O/c1-3-15-9-14-10-17(18(15)11-14)12-19-13(2)16-7-5-4-6-8-16/h4-8,13-15,17-18H,3,9-12H2,1-2H3. The lowest BCUT2D eigenvalue weighted by molar-refractivity contribution is 0.0166. The van der Waals surface area contributed by atoms with Gasteiger partial charge in [-0.2, -0.15) is 0 Å². The van der Waals surface area contributed by atoms with E-state index in [1.807, 2.05) is 0 Å². The molecule has 0 amide bonds. The lowest BCUT2D eigenvalue weighted by Gasteiger charge is -2.29. The summed E-state index contributed by atoms with van der Waals surface area (Å²) in [4.78, 5) is 0. The molecule has 5 atom stereocenters. The van der Waals surface area contributed by atoms with E-state index in [0.29, 0.717) is 0 Å². The Balaban J connectivity index is 1.53. The average Bonchev–Trinajstić information content (AvgIpc) is 3.05. The second-order valence-electron chi connectivity index (χ2n) is 6.55. The molecule has 5 unspecified atom stereocenters. The van der Waals surface area contributed by atoms with E-state index in [9.17, 15) is 0 Å². The van der Waals surface area contributed by atoms with Gasteiger partial charge in [-0.15, -0.1) is 0 Å². The molecule has 0 radical (unpaired) electrons. The lowest BCUT2D eigenvalue weighted by atomic mass is 9.80. The van der Waals surface area contributed by atoms with E-state index in [0.717, 1.165) is 30.3 Å². The zero-order valence-electron chi connectivity index (χ0n) is 12.2. The van der Waals surface area contributed by atoms with Gasteiger partial charge < -0.3 is 4.74 Å². The molecule has 0 N–H and O–H groups in total. The largest absolute Gasteiger partial charge is 0.374 e. The maximum absolute atomic E-state index is 6.16. The molecule has 1 aromatic carbocycles. The summed E-state index contributed by atoms with van der Waals surface area (Å²) in [5.41, 5.74) is 1.30. The second kappa shape index (κ2) is 5.66. The van der Waals surface area contributed by atoms with Crippen molar-refractivity contribution in [3.8, 4) is 0 Å². The van der Waals surface area contributed by atoms with E-state index in [-0.39, 0.29) is 6.10 Å². The summed E-state index contributed by atoms with van der Waals surface area (Å²) >= 11 is 0. The molecule has 2 aliphatic carbocycles. The minimum absolute atomic E-state index is 0.236. The number of hydrogen-bond acceptors (Lipinski definition) is 1. The van der Waals surface area contributed by atoms with Crippen LogP contribution in [0.1, 0.15) is 51.2 Å². The van der Waals surface area contributed by atoms with Crippen LogP contribution >= 0.6 is 0 Å². The molecule has 1 nitrogen and oxygen atoms in total. The summed E-state index contributed by atoms with van der Waals surface area (Å²) in [6.45, 7) is 5.50. The fourth-order valence-electron chi connectivity index (χ4n) is 4.40. The SMILES string of the molecule is CCC1CC2CC(COC(C)c3ccccc3)C1C2. The summed E-state index contributed by atoms with van der Waals surface area (Å²) in [5.74, 6) is 3.78.